The molecule has 26 heavy (non-hydrogen) atoms. The van der Waals surface area contributed by atoms with Crippen LogP contribution in [0.5, 0.6) is 5.75 Å². The zero-order valence-electron chi connectivity index (χ0n) is 14.1. The number of methoxy groups -OCH3 is 1. The molecular weight excluding hydrogens is 398 g/mol. The molecular formula is C15H22Cl2F3N3O3. The molecule has 150 valence electrons. The number of nitro benzene ring substituents is 1. The third-order valence-corrected chi connectivity index (χ3v) is 4.08. The van der Waals surface area contributed by atoms with Crippen molar-refractivity contribution in [2.24, 2.45) is 0 Å². The molecule has 1 aliphatic heterocycles. The average molecular weight is 420 g/mol. The molecule has 1 heterocycles. The summed E-state index contributed by atoms with van der Waals surface area (Å²) in [5.74, 6) is 0.0960. The van der Waals surface area contributed by atoms with Gasteiger partial charge in [-0.05, 0) is 18.1 Å². The van der Waals surface area contributed by atoms with Gasteiger partial charge in [-0.1, -0.05) is 6.07 Å². The number of nitro groups is 1. The lowest BCUT2D eigenvalue weighted by atomic mass is 9.98. The Hall–Kier alpha value is -1.29. The van der Waals surface area contributed by atoms with Crippen LogP contribution in [0.2, 0.25) is 0 Å². The van der Waals surface area contributed by atoms with Crippen LogP contribution in [0.15, 0.2) is 18.2 Å². The fourth-order valence-electron chi connectivity index (χ4n) is 2.91. The fourth-order valence-corrected chi connectivity index (χ4v) is 2.91. The smallest absolute Gasteiger partial charge is 0.389 e. The Morgan fingerprint density at radius 2 is 1.92 bits per heavy atom. The third-order valence-electron chi connectivity index (χ3n) is 4.08. The molecule has 1 saturated heterocycles. The summed E-state index contributed by atoms with van der Waals surface area (Å²) >= 11 is 0. The summed E-state index contributed by atoms with van der Waals surface area (Å²) in [6.07, 6.45) is -5.32. The molecule has 0 radical (unpaired) electrons. The molecule has 0 aliphatic carbocycles. The number of piperazine rings is 1. The number of nitrogens with zero attached hydrogens (tertiary/aromatic N) is 2. The quantitative estimate of drug-likeness (QED) is 0.561. The number of alkyl halides is 3. The van der Waals surface area contributed by atoms with E-state index in [4.69, 9.17) is 4.74 Å². The first-order valence-corrected chi connectivity index (χ1v) is 7.65. The van der Waals surface area contributed by atoms with Gasteiger partial charge in [-0.3, -0.25) is 15.0 Å². The molecule has 1 aromatic rings. The Bertz CT molecular complexity index is 585. The predicted octanol–water partition coefficient (Wildman–Crippen LogP) is 3.74. The molecule has 0 aromatic heterocycles. The van der Waals surface area contributed by atoms with E-state index >= 15 is 0 Å². The first kappa shape index (κ1) is 24.7. The van der Waals surface area contributed by atoms with Crippen LogP contribution in [0, 0.1) is 10.1 Å². The van der Waals surface area contributed by atoms with E-state index in [1.807, 2.05) is 4.90 Å². The second-order valence-corrected chi connectivity index (χ2v) is 5.64. The van der Waals surface area contributed by atoms with Gasteiger partial charge in [-0.2, -0.15) is 13.2 Å². The third kappa shape index (κ3) is 6.79. The zero-order chi connectivity index (χ0) is 17.7. The molecule has 0 bridgehead atoms. The van der Waals surface area contributed by atoms with E-state index in [2.05, 4.69) is 5.32 Å². The number of halogens is 5. The fraction of sp³-hybridized carbons (Fsp3) is 0.600. The molecule has 0 amide bonds. The zero-order valence-corrected chi connectivity index (χ0v) is 15.8. The first-order chi connectivity index (χ1) is 11.3. The Balaban J connectivity index is 0.00000312. The minimum Gasteiger partial charge on any atom is -0.490 e. The molecule has 0 unspecified atom stereocenters. The van der Waals surface area contributed by atoms with E-state index in [1.54, 1.807) is 6.07 Å². The number of hydrogen-bond acceptors (Lipinski definition) is 5. The van der Waals surface area contributed by atoms with Crippen molar-refractivity contribution in [1.29, 1.82) is 0 Å². The van der Waals surface area contributed by atoms with E-state index in [9.17, 15) is 23.3 Å². The Kier molecular flexibility index (Phi) is 10.2. The summed E-state index contributed by atoms with van der Waals surface area (Å²) < 4.78 is 43.0. The average Bonchev–Trinajstić information content (AvgIpc) is 2.54. The van der Waals surface area contributed by atoms with Crippen molar-refractivity contribution in [3.63, 3.8) is 0 Å². The van der Waals surface area contributed by atoms with Crippen molar-refractivity contribution < 1.29 is 22.8 Å². The highest BCUT2D eigenvalue weighted by Crippen LogP contribution is 2.36. The molecule has 0 spiro atoms. The van der Waals surface area contributed by atoms with E-state index < -0.39 is 23.6 Å². The van der Waals surface area contributed by atoms with Gasteiger partial charge in [0.1, 0.15) is 0 Å². The van der Waals surface area contributed by atoms with Crippen LogP contribution in [0.25, 0.3) is 0 Å². The van der Waals surface area contributed by atoms with Gasteiger partial charge in [0, 0.05) is 44.7 Å². The standard InChI is InChI=1S/C15H20F3N3O3.2ClH/c1-24-14-3-2-11(10-13(14)21(22)23)12(4-5-15(16,17)18)20-8-6-19-7-9-20;;/h2-3,10,12,19H,4-9H2,1H3;2*1H/t12-;;/m1../s1. The van der Waals surface area contributed by atoms with Crippen LogP contribution in [0.4, 0.5) is 18.9 Å². The topological polar surface area (TPSA) is 67.6 Å². The predicted molar refractivity (Wildman–Crippen MR) is 96.6 cm³/mol. The maximum absolute atomic E-state index is 12.7. The largest absolute Gasteiger partial charge is 0.490 e. The number of ether oxygens (including phenoxy) is 1. The minimum absolute atomic E-state index is 0. The Labute approximate surface area is 162 Å². The molecule has 1 atom stereocenters. The summed E-state index contributed by atoms with van der Waals surface area (Å²) in [5.41, 5.74) is 0.274. The van der Waals surface area contributed by atoms with Crippen molar-refractivity contribution >= 4 is 30.5 Å². The molecule has 0 saturated carbocycles. The molecule has 1 aliphatic rings. The Morgan fingerprint density at radius 3 is 2.42 bits per heavy atom. The van der Waals surface area contributed by atoms with Gasteiger partial charge < -0.3 is 10.1 Å². The highest BCUT2D eigenvalue weighted by atomic mass is 35.5. The highest BCUT2D eigenvalue weighted by molar-refractivity contribution is 5.85. The summed E-state index contributed by atoms with van der Waals surface area (Å²) in [5, 5.41) is 14.3. The number of hydrogen-bond donors (Lipinski definition) is 1. The van der Waals surface area contributed by atoms with Crippen molar-refractivity contribution in [2.75, 3.05) is 33.3 Å². The maximum atomic E-state index is 12.7. The van der Waals surface area contributed by atoms with Crippen LogP contribution in [-0.2, 0) is 0 Å². The Morgan fingerprint density at radius 1 is 1.31 bits per heavy atom. The van der Waals surface area contributed by atoms with E-state index in [1.165, 1.54) is 19.2 Å². The number of benzene rings is 1. The van der Waals surface area contributed by atoms with Crippen LogP contribution in [0.3, 0.4) is 0 Å². The van der Waals surface area contributed by atoms with Gasteiger partial charge in [-0.15, -0.1) is 24.8 Å². The monoisotopic (exact) mass is 419 g/mol. The van der Waals surface area contributed by atoms with Crippen LogP contribution in [-0.4, -0.2) is 49.3 Å². The van der Waals surface area contributed by atoms with Crippen LogP contribution >= 0.6 is 24.8 Å². The molecule has 1 aromatic carbocycles. The SMILES string of the molecule is COc1ccc([C@@H](CCC(F)(F)F)N2CCNCC2)cc1[N+](=O)[O-].Cl.Cl. The first-order valence-electron chi connectivity index (χ1n) is 7.65. The number of nitrogens with one attached hydrogen (secondary N) is 1. The van der Waals surface area contributed by atoms with Gasteiger partial charge in [0.05, 0.1) is 12.0 Å². The molecule has 2 rings (SSSR count). The molecule has 1 N–H and O–H groups in total. The van der Waals surface area contributed by atoms with Gasteiger partial charge in [0.25, 0.3) is 0 Å². The second kappa shape index (κ2) is 10.8. The van der Waals surface area contributed by atoms with E-state index in [-0.39, 0.29) is 42.7 Å². The van der Waals surface area contributed by atoms with Crippen molar-refractivity contribution in [2.45, 2.75) is 25.1 Å². The summed E-state index contributed by atoms with van der Waals surface area (Å²) in [4.78, 5) is 12.5. The summed E-state index contributed by atoms with van der Waals surface area (Å²) in [6.45, 7) is 2.56. The minimum atomic E-state index is -4.26. The van der Waals surface area contributed by atoms with Crippen molar-refractivity contribution in [1.82, 2.24) is 10.2 Å². The van der Waals surface area contributed by atoms with Gasteiger partial charge in [-0.25, -0.2) is 0 Å². The molecule has 6 nitrogen and oxygen atoms in total. The molecule has 11 heteroatoms. The van der Waals surface area contributed by atoms with Gasteiger partial charge in [0.2, 0.25) is 0 Å². The lowest BCUT2D eigenvalue weighted by Gasteiger charge is -2.35. The lowest BCUT2D eigenvalue weighted by Crippen LogP contribution is -2.45. The van der Waals surface area contributed by atoms with E-state index in [0.717, 1.165) is 0 Å². The highest BCUT2D eigenvalue weighted by Gasteiger charge is 2.32. The van der Waals surface area contributed by atoms with Gasteiger partial charge in [0.15, 0.2) is 5.75 Å². The van der Waals surface area contributed by atoms with Crippen LogP contribution in [0.1, 0.15) is 24.4 Å². The van der Waals surface area contributed by atoms with E-state index in [0.29, 0.717) is 31.7 Å². The summed E-state index contributed by atoms with van der Waals surface area (Å²) in [7, 11) is 1.32. The summed E-state index contributed by atoms with van der Waals surface area (Å²) in [6, 6.07) is 3.85. The van der Waals surface area contributed by atoms with Crippen molar-refractivity contribution in [3.05, 3.63) is 33.9 Å². The lowest BCUT2D eigenvalue weighted by molar-refractivity contribution is -0.385. The maximum Gasteiger partial charge on any atom is 0.389 e. The van der Waals surface area contributed by atoms with Crippen molar-refractivity contribution in [3.8, 4) is 5.75 Å². The molecule has 1 fully saturated rings. The van der Waals surface area contributed by atoms with Gasteiger partial charge >= 0.3 is 11.9 Å². The second-order valence-electron chi connectivity index (χ2n) is 5.64. The normalized spacial score (nSPS) is 16.2. The van der Waals surface area contributed by atoms with Crippen LogP contribution < -0.4 is 10.1 Å². The number of rotatable bonds is 6.